The number of aromatic amines is 1. The average molecular weight is 352 g/mol. The van der Waals surface area contributed by atoms with Crippen LogP contribution >= 0.6 is 0 Å². The van der Waals surface area contributed by atoms with Gasteiger partial charge in [-0.1, -0.05) is 0 Å². The van der Waals surface area contributed by atoms with E-state index in [1.165, 1.54) is 12.4 Å². The van der Waals surface area contributed by atoms with Crippen molar-refractivity contribution in [1.29, 1.82) is 5.41 Å². The number of aliphatic hydroxyl groups excluding tert-OH is 1. The number of H-pyrrole nitrogens is 1. The highest BCUT2D eigenvalue weighted by Gasteiger charge is 2.09. The summed E-state index contributed by atoms with van der Waals surface area (Å²) >= 11 is 0. The van der Waals surface area contributed by atoms with Crippen LogP contribution in [-0.2, 0) is 6.54 Å². The fourth-order valence-electron chi connectivity index (χ4n) is 2.44. The molecule has 0 radical (unpaired) electrons. The third-order valence-electron chi connectivity index (χ3n) is 3.75. The second kappa shape index (κ2) is 8.08. The van der Waals surface area contributed by atoms with Gasteiger partial charge in [0.15, 0.2) is 11.6 Å². The first kappa shape index (κ1) is 17.4. The predicted octanol–water partition coefficient (Wildman–Crippen LogP) is 1.12. The van der Waals surface area contributed by atoms with Crippen molar-refractivity contribution in [3.63, 3.8) is 0 Å². The molecule has 0 atom stereocenters. The second-order valence-electron chi connectivity index (χ2n) is 5.48. The molecule has 7 N–H and O–H groups in total. The normalized spacial score (nSPS) is 11.5. The fraction of sp³-hybridized carbons (Fsp3) is 0.176. The summed E-state index contributed by atoms with van der Waals surface area (Å²) in [5.41, 5.74) is 8.81. The number of hydrogen-bond donors (Lipinski definition) is 6. The standard InChI is InChI=1S/C17H20N8O/c18-6-11(7-20-4-5-26)14-10-22-15(19)17(25-14)24-9-12-8-23-16-13(12)2-1-3-21-16/h1-3,6-8,10,18,20,26H,4-5,9H2,(H2,19,22)(H,21,23)(H,24,25)/b11-7+,18-6?. The smallest absolute Gasteiger partial charge is 0.169 e. The zero-order valence-electron chi connectivity index (χ0n) is 14.0. The van der Waals surface area contributed by atoms with E-state index < -0.39 is 0 Å². The fourth-order valence-corrected chi connectivity index (χ4v) is 2.44. The molecule has 3 aromatic rings. The lowest BCUT2D eigenvalue weighted by molar-refractivity contribution is 0.298. The lowest BCUT2D eigenvalue weighted by Gasteiger charge is -2.10. The second-order valence-corrected chi connectivity index (χ2v) is 5.48. The highest BCUT2D eigenvalue weighted by molar-refractivity contribution is 6.07. The Labute approximate surface area is 149 Å². The van der Waals surface area contributed by atoms with Crippen LogP contribution < -0.4 is 16.4 Å². The van der Waals surface area contributed by atoms with Gasteiger partial charge in [-0.15, -0.1) is 0 Å². The Bertz CT molecular complexity index is 933. The largest absolute Gasteiger partial charge is 0.395 e. The van der Waals surface area contributed by atoms with Crippen molar-refractivity contribution in [3.8, 4) is 0 Å². The minimum Gasteiger partial charge on any atom is -0.395 e. The molecule has 0 unspecified atom stereocenters. The van der Waals surface area contributed by atoms with Crippen LogP contribution in [0.25, 0.3) is 16.6 Å². The molecular weight excluding hydrogens is 332 g/mol. The van der Waals surface area contributed by atoms with Crippen molar-refractivity contribution in [2.75, 3.05) is 24.2 Å². The van der Waals surface area contributed by atoms with E-state index >= 15 is 0 Å². The third-order valence-corrected chi connectivity index (χ3v) is 3.75. The zero-order valence-corrected chi connectivity index (χ0v) is 14.0. The Morgan fingerprint density at radius 2 is 2.27 bits per heavy atom. The first-order valence-corrected chi connectivity index (χ1v) is 8.05. The molecule has 0 bridgehead atoms. The molecule has 0 saturated heterocycles. The van der Waals surface area contributed by atoms with E-state index in [1.54, 1.807) is 12.4 Å². The summed E-state index contributed by atoms with van der Waals surface area (Å²) in [6, 6.07) is 3.87. The Kier molecular flexibility index (Phi) is 5.40. The van der Waals surface area contributed by atoms with Crippen LogP contribution in [0.2, 0.25) is 0 Å². The number of aliphatic hydroxyl groups is 1. The molecule has 3 aromatic heterocycles. The lowest BCUT2D eigenvalue weighted by Crippen LogP contribution is -2.13. The number of nitrogens with one attached hydrogen (secondary N) is 4. The number of fused-ring (bicyclic) bond motifs is 1. The van der Waals surface area contributed by atoms with Crippen LogP contribution in [0.1, 0.15) is 11.3 Å². The van der Waals surface area contributed by atoms with E-state index in [-0.39, 0.29) is 12.4 Å². The van der Waals surface area contributed by atoms with E-state index in [1.807, 2.05) is 18.3 Å². The van der Waals surface area contributed by atoms with Gasteiger partial charge in [-0.25, -0.2) is 15.0 Å². The summed E-state index contributed by atoms with van der Waals surface area (Å²) in [4.78, 5) is 16.0. The van der Waals surface area contributed by atoms with E-state index in [2.05, 4.69) is 30.6 Å². The maximum absolute atomic E-state index is 8.83. The highest BCUT2D eigenvalue weighted by atomic mass is 16.3. The number of pyridine rings is 1. The predicted molar refractivity (Wildman–Crippen MR) is 102 cm³/mol. The van der Waals surface area contributed by atoms with Crippen LogP contribution in [0.5, 0.6) is 0 Å². The molecule has 0 amide bonds. The zero-order chi connectivity index (χ0) is 18.4. The quantitative estimate of drug-likeness (QED) is 0.263. The minimum atomic E-state index is 0.00147. The molecule has 3 heterocycles. The van der Waals surface area contributed by atoms with Gasteiger partial charge in [0.25, 0.3) is 0 Å². The first-order chi connectivity index (χ1) is 12.7. The van der Waals surface area contributed by atoms with Crippen molar-refractivity contribution in [2.24, 2.45) is 0 Å². The highest BCUT2D eigenvalue weighted by Crippen LogP contribution is 2.20. The molecule has 3 rings (SSSR count). The Hall–Kier alpha value is -3.46. The molecule has 9 nitrogen and oxygen atoms in total. The number of rotatable bonds is 8. The third kappa shape index (κ3) is 3.78. The number of allylic oxidation sites excluding steroid dienone is 1. The van der Waals surface area contributed by atoms with E-state index in [0.717, 1.165) is 16.6 Å². The van der Waals surface area contributed by atoms with Gasteiger partial charge in [-0.3, -0.25) is 0 Å². The number of anilines is 2. The van der Waals surface area contributed by atoms with Gasteiger partial charge in [0.05, 0.1) is 18.5 Å². The summed E-state index contributed by atoms with van der Waals surface area (Å²) in [7, 11) is 0. The molecule has 0 fully saturated rings. The summed E-state index contributed by atoms with van der Waals surface area (Å²) in [6.45, 7) is 0.890. The van der Waals surface area contributed by atoms with Crippen molar-refractivity contribution < 1.29 is 5.11 Å². The van der Waals surface area contributed by atoms with Gasteiger partial charge in [-0.05, 0) is 17.7 Å². The number of aromatic nitrogens is 4. The maximum Gasteiger partial charge on any atom is 0.169 e. The van der Waals surface area contributed by atoms with Gasteiger partial charge in [0.2, 0.25) is 0 Å². The Balaban J connectivity index is 1.79. The number of nitrogen functional groups attached to an aromatic ring is 1. The molecular formula is C17H20N8O. The summed E-state index contributed by atoms with van der Waals surface area (Å²) in [6.07, 6.45) is 7.91. The van der Waals surface area contributed by atoms with Crippen molar-refractivity contribution in [1.82, 2.24) is 25.3 Å². The average Bonchev–Trinajstić information content (AvgIpc) is 3.08. The molecule has 0 saturated carbocycles. The minimum absolute atomic E-state index is 0.00147. The molecule has 0 aromatic carbocycles. The monoisotopic (exact) mass is 352 g/mol. The van der Waals surface area contributed by atoms with Crippen LogP contribution in [0.4, 0.5) is 11.6 Å². The van der Waals surface area contributed by atoms with E-state index in [0.29, 0.717) is 30.2 Å². The van der Waals surface area contributed by atoms with Gasteiger partial charge < -0.3 is 31.9 Å². The molecule has 0 aliphatic heterocycles. The Morgan fingerprint density at radius 3 is 3.08 bits per heavy atom. The van der Waals surface area contributed by atoms with Crippen LogP contribution in [-0.4, -0.2) is 44.4 Å². The van der Waals surface area contributed by atoms with Crippen molar-refractivity contribution in [3.05, 3.63) is 48.2 Å². The SMILES string of the molecule is N=C/C(=C\NCCO)c1cnc(N)c(NCc2c[nH]c3ncccc23)n1. The van der Waals surface area contributed by atoms with Crippen LogP contribution in [0, 0.1) is 5.41 Å². The van der Waals surface area contributed by atoms with E-state index in [9.17, 15) is 0 Å². The molecule has 0 spiro atoms. The molecule has 0 aliphatic carbocycles. The maximum atomic E-state index is 8.83. The number of nitrogens with two attached hydrogens (primary N) is 1. The molecule has 9 heteroatoms. The van der Waals surface area contributed by atoms with Crippen LogP contribution in [0.3, 0.4) is 0 Å². The summed E-state index contributed by atoms with van der Waals surface area (Å²) in [5, 5.41) is 23.5. The van der Waals surface area contributed by atoms with Gasteiger partial charge in [-0.2, -0.15) is 0 Å². The van der Waals surface area contributed by atoms with E-state index in [4.69, 9.17) is 16.2 Å². The van der Waals surface area contributed by atoms with Crippen molar-refractivity contribution in [2.45, 2.75) is 6.54 Å². The lowest BCUT2D eigenvalue weighted by atomic mass is 10.2. The van der Waals surface area contributed by atoms with Gasteiger partial charge in [0, 0.05) is 48.9 Å². The van der Waals surface area contributed by atoms with Crippen LogP contribution in [0.15, 0.2) is 36.9 Å². The molecule has 134 valence electrons. The summed E-state index contributed by atoms with van der Waals surface area (Å²) in [5.74, 6) is 0.718. The van der Waals surface area contributed by atoms with Crippen molar-refractivity contribution >= 4 is 34.5 Å². The molecule has 0 aliphatic rings. The Morgan fingerprint density at radius 1 is 1.38 bits per heavy atom. The molecule has 26 heavy (non-hydrogen) atoms. The number of hydrogen-bond acceptors (Lipinski definition) is 8. The van der Waals surface area contributed by atoms with Gasteiger partial charge >= 0.3 is 0 Å². The first-order valence-electron chi connectivity index (χ1n) is 8.05. The number of nitrogens with zero attached hydrogens (tertiary/aromatic N) is 3. The summed E-state index contributed by atoms with van der Waals surface area (Å²) < 4.78 is 0. The van der Waals surface area contributed by atoms with Gasteiger partial charge in [0.1, 0.15) is 5.65 Å². The topological polar surface area (TPSA) is 149 Å².